The minimum Gasteiger partial charge on any atom is -0.393 e. The minimum absolute atomic E-state index is 0. The summed E-state index contributed by atoms with van der Waals surface area (Å²) in [6.07, 6.45) is 8.12. The molecular weight excluding hydrogens is 391 g/mol. The standard InChI is InChI=1S/C16H32N4O.HI/c1-2-17-16(19-14-6-3-4-7-14)18-10-5-11-20-12-8-15(21)9-13-20;/h14-15,21H,2-13H2,1H3,(H2,17,18,19);1H. The van der Waals surface area contributed by atoms with Gasteiger partial charge in [-0.2, -0.15) is 0 Å². The molecule has 1 aliphatic heterocycles. The molecule has 0 radical (unpaired) electrons. The lowest BCUT2D eigenvalue weighted by atomic mass is 10.1. The van der Waals surface area contributed by atoms with E-state index in [9.17, 15) is 5.11 Å². The second-order valence-electron chi connectivity index (χ2n) is 6.31. The number of aliphatic hydroxyl groups is 1. The van der Waals surface area contributed by atoms with E-state index in [4.69, 9.17) is 4.99 Å². The number of nitrogens with zero attached hydrogens (tertiary/aromatic N) is 2. The fourth-order valence-corrected chi connectivity index (χ4v) is 3.21. The zero-order chi connectivity index (χ0) is 14.9. The molecule has 0 aromatic carbocycles. The molecule has 1 heterocycles. The fraction of sp³-hybridized carbons (Fsp3) is 0.938. The first kappa shape index (κ1) is 20.0. The second kappa shape index (κ2) is 11.5. The van der Waals surface area contributed by atoms with Crippen molar-refractivity contribution in [3.63, 3.8) is 0 Å². The van der Waals surface area contributed by atoms with E-state index in [2.05, 4.69) is 22.5 Å². The Morgan fingerprint density at radius 2 is 1.86 bits per heavy atom. The number of nitrogens with one attached hydrogen (secondary N) is 2. The van der Waals surface area contributed by atoms with Crippen LogP contribution in [0.1, 0.15) is 51.9 Å². The molecule has 2 aliphatic rings. The largest absolute Gasteiger partial charge is 0.393 e. The maximum atomic E-state index is 9.50. The lowest BCUT2D eigenvalue weighted by Gasteiger charge is -2.29. The van der Waals surface area contributed by atoms with Crippen LogP contribution < -0.4 is 10.6 Å². The molecule has 2 fully saturated rings. The molecule has 2 rings (SSSR count). The highest BCUT2D eigenvalue weighted by atomic mass is 127. The van der Waals surface area contributed by atoms with Gasteiger partial charge in [0.05, 0.1) is 6.10 Å². The molecule has 1 aliphatic carbocycles. The van der Waals surface area contributed by atoms with Crippen LogP contribution in [0.15, 0.2) is 4.99 Å². The highest BCUT2D eigenvalue weighted by Gasteiger charge is 2.17. The number of aliphatic imine (C=N–C) groups is 1. The Morgan fingerprint density at radius 3 is 2.50 bits per heavy atom. The van der Waals surface area contributed by atoms with E-state index in [1.807, 2.05) is 0 Å². The Labute approximate surface area is 152 Å². The monoisotopic (exact) mass is 424 g/mol. The minimum atomic E-state index is -0.0739. The van der Waals surface area contributed by atoms with Crippen molar-refractivity contribution < 1.29 is 5.11 Å². The number of hydrogen-bond acceptors (Lipinski definition) is 3. The quantitative estimate of drug-likeness (QED) is 0.264. The van der Waals surface area contributed by atoms with Crippen molar-refractivity contribution in [2.24, 2.45) is 4.99 Å². The lowest BCUT2D eigenvalue weighted by molar-refractivity contribution is 0.0824. The van der Waals surface area contributed by atoms with Crippen molar-refractivity contribution in [1.29, 1.82) is 0 Å². The molecule has 6 heteroatoms. The van der Waals surface area contributed by atoms with Gasteiger partial charge in [-0.3, -0.25) is 4.99 Å². The first-order chi connectivity index (χ1) is 10.3. The third-order valence-electron chi connectivity index (χ3n) is 4.50. The fourth-order valence-electron chi connectivity index (χ4n) is 3.21. The van der Waals surface area contributed by atoms with E-state index in [1.165, 1.54) is 25.7 Å². The molecule has 0 aromatic rings. The molecule has 1 saturated carbocycles. The summed E-state index contributed by atoms with van der Waals surface area (Å²) in [6.45, 7) is 7.07. The molecule has 0 unspecified atom stereocenters. The highest BCUT2D eigenvalue weighted by Crippen LogP contribution is 2.17. The van der Waals surface area contributed by atoms with Crippen molar-refractivity contribution in [1.82, 2.24) is 15.5 Å². The van der Waals surface area contributed by atoms with E-state index >= 15 is 0 Å². The highest BCUT2D eigenvalue weighted by molar-refractivity contribution is 14.0. The third kappa shape index (κ3) is 7.46. The number of likely N-dealkylation sites (tertiary alicyclic amines) is 1. The summed E-state index contributed by atoms with van der Waals surface area (Å²) in [5.41, 5.74) is 0. The van der Waals surface area contributed by atoms with E-state index in [-0.39, 0.29) is 30.1 Å². The first-order valence-electron chi connectivity index (χ1n) is 8.73. The summed E-state index contributed by atoms with van der Waals surface area (Å²) < 4.78 is 0. The number of guanidine groups is 1. The van der Waals surface area contributed by atoms with Gasteiger partial charge in [-0.25, -0.2) is 0 Å². The third-order valence-corrected chi connectivity index (χ3v) is 4.50. The van der Waals surface area contributed by atoms with Gasteiger partial charge in [0, 0.05) is 32.2 Å². The van der Waals surface area contributed by atoms with Gasteiger partial charge in [0.15, 0.2) is 5.96 Å². The van der Waals surface area contributed by atoms with Gasteiger partial charge in [0.1, 0.15) is 0 Å². The van der Waals surface area contributed by atoms with Crippen LogP contribution in [0, 0.1) is 0 Å². The Bertz CT molecular complexity index is 313. The Kier molecular flexibility index (Phi) is 10.4. The maximum absolute atomic E-state index is 9.50. The van der Waals surface area contributed by atoms with Crippen molar-refractivity contribution in [2.75, 3.05) is 32.7 Å². The number of hydrogen-bond donors (Lipinski definition) is 3. The molecule has 0 spiro atoms. The van der Waals surface area contributed by atoms with Gasteiger partial charge in [0.25, 0.3) is 0 Å². The Morgan fingerprint density at radius 1 is 1.18 bits per heavy atom. The van der Waals surface area contributed by atoms with E-state index in [0.717, 1.165) is 57.9 Å². The van der Waals surface area contributed by atoms with Crippen molar-refractivity contribution in [3.8, 4) is 0 Å². The average Bonchev–Trinajstić information content (AvgIpc) is 2.98. The lowest BCUT2D eigenvalue weighted by Crippen LogP contribution is -2.42. The first-order valence-corrected chi connectivity index (χ1v) is 8.73. The van der Waals surface area contributed by atoms with Gasteiger partial charge in [-0.15, -0.1) is 24.0 Å². The van der Waals surface area contributed by atoms with Crippen molar-refractivity contribution in [2.45, 2.75) is 64.0 Å². The molecule has 0 bridgehead atoms. The smallest absolute Gasteiger partial charge is 0.191 e. The molecule has 0 amide bonds. The van der Waals surface area contributed by atoms with Gasteiger partial charge in [-0.05, 0) is 45.6 Å². The van der Waals surface area contributed by atoms with Crippen LogP contribution >= 0.6 is 24.0 Å². The number of rotatable bonds is 6. The van der Waals surface area contributed by atoms with Gasteiger partial charge < -0.3 is 20.6 Å². The van der Waals surface area contributed by atoms with Crippen molar-refractivity contribution in [3.05, 3.63) is 0 Å². The Hall–Kier alpha value is -0.0800. The summed E-state index contributed by atoms with van der Waals surface area (Å²) in [6, 6.07) is 0.617. The predicted octanol–water partition coefficient (Wildman–Crippen LogP) is 1.95. The van der Waals surface area contributed by atoms with Crippen LogP contribution in [-0.4, -0.2) is 60.8 Å². The van der Waals surface area contributed by atoms with Gasteiger partial charge in [0.2, 0.25) is 0 Å². The molecule has 3 N–H and O–H groups in total. The van der Waals surface area contributed by atoms with E-state index in [1.54, 1.807) is 0 Å². The molecule has 22 heavy (non-hydrogen) atoms. The molecule has 0 aromatic heterocycles. The summed E-state index contributed by atoms with van der Waals surface area (Å²) >= 11 is 0. The average molecular weight is 424 g/mol. The zero-order valence-corrected chi connectivity index (χ0v) is 16.2. The Balaban J connectivity index is 0.00000242. The summed E-state index contributed by atoms with van der Waals surface area (Å²) in [4.78, 5) is 7.14. The molecule has 1 saturated heterocycles. The molecule has 0 atom stereocenters. The summed E-state index contributed by atoms with van der Waals surface area (Å²) in [5, 5.41) is 16.4. The number of halogens is 1. The summed E-state index contributed by atoms with van der Waals surface area (Å²) in [5.74, 6) is 0.985. The number of piperidine rings is 1. The maximum Gasteiger partial charge on any atom is 0.191 e. The predicted molar refractivity (Wildman–Crippen MR) is 103 cm³/mol. The van der Waals surface area contributed by atoms with Crippen LogP contribution in [0.2, 0.25) is 0 Å². The van der Waals surface area contributed by atoms with Gasteiger partial charge >= 0.3 is 0 Å². The number of aliphatic hydroxyl groups excluding tert-OH is 1. The SMILES string of the molecule is CCNC(=NCCCN1CCC(O)CC1)NC1CCCC1.I. The van der Waals surface area contributed by atoms with E-state index < -0.39 is 0 Å². The topological polar surface area (TPSA) is 59.9 Å². The second-order valence-corrected chi connectivity index (χ2v) is 6.31. The molecular formula is C16H33IN4O. The van der Waals surface area contributed by atoms with Crippen LogP contribution in [0.5, 0.6) is 0 Å². The van der Waals surface area contributed by atoms with Crippen LogP contribution in [0.4, 0.5) is 0 Å². The zero-order valence-electron chi connectivity index (χ0n) is 13.9. The van der Waals surface area contributed by atoms with Crippen LogP contribution in [0.3, 0.4) is 0 Å². The van der Waals surface area contributed by atoms with Gasteiger partial charge in [-0.1, -0.05) is 12.8 Å². The summed E-state index contributed by atoms with van der Waals surface area (Å²) in [7, 11) is 0. The van der Waals surface area contributed by atoms with E-state index in [0.29, 0.717) is 6.04 Å². The van der Waals surface area contributed by atoms with Crippen molar-refractivity contribution >= 4 is 29.9 Å². The molecule has 5 nitrogen and oxygen atoms in total. The van der Waals surface area contributed by atoms with Crippen LogP contribution in [0.25, 0.3) is 0 Å². The van der Waals surface area contributed by atoms with Crippen LogP contribution in [-0.2, 0) is 0 Å². The molecule has 130 valence electrons. The normalized spacial score (nSPS) is 21.6.